The Morgan fingerprint density at radius 3 is 3.09 bits per heavy atom. The molecule has 1 N–H and O–H groups in total. The van der Waals surface area contributed by atoms with Crippen LogP contribution in [0.5, 0.6) is 5.75 Å². The highest BCUT2D eigenvalue weighted by molar-refractivity contribution is 5.76. The fourth-order valence-electron chi connectivity index (χ4n) is 3.57. The molecule has 22 heavy (non-hydrogen) atoms. The molecule has 0 saturated carbocycles. The summed E-state index contributed by atoms with van der Waals surface area (Å²) in [6, 6.07) is 7.12. The maximum atomic E-state index is 11.8. The average molecular weight is 302 g/mol. The van der Waals surface area contributed by atoms with Gasteiger partial charge >= 0.3 is 0 Å². The molecule has 0 aromatic heterocycles. The highest BCUT2D eigenvalue weighted by Crippen LogP contribution is 2.34. The molecule has 4 nitrogen and oxygen atoms in total. The van der Waals surface area contributed by atoms with Gasteiger partial charge in [-0.1, -0.05) is 25.1 Å². The number of amides is 1. The zero-order valence-corrected chi connectivity index (χ0v) is 13.6. The molecule has 0 unspecified atom stereocenters. The molecule has 4 heteroatoms. The number of carbonyl (C=O) groups excluding carboxylic acids is 1. The van der Waals surface area contributed by atoms with Gasteiger partial charge in [-0.25, -0.2) is 0 Å². The summed E-state index contributed by atoms with van der Waals surface area (Å²) in [7, 11) is 0. The van der Waals surface area contributed by atoms with Crippen molar-refractivity contribution in [3.63, 3.8) is 0 Å². The molecule has 2 heterocycles. The highest BCUT2D eigenvalue weighted by Gasteiger charge is 2.29. The molecule has 2 aliphatic rings. The lowest BCUT2D eigenvalue weighted by molar-refractivity contribution is -0.129. The number of carbonyl (C=O) groups is 1. The van der Waals surface area contributed by atoms with Crippen LogP contribution < -0.4 is 10.1 Å². The third-order valence-corrected chi connectivity index (χ3v) is 4.78. The fraction of sp³-hybridized carbons (Fsp3) is 0.611. The van der Waals surface area contributed by atoms with Gasteiger partial charge in [0, 0.05) is 37.2 Å². The maximum absolute atomic E-state index is 11.8. The van der Waals surface area contributed by atoms with Crippen LogP contribution in [0.25, 0.3) is 0 Å². The van der Waals surface area contributed by atoms with Gasteiger partial charge in [0.15, 0.2) is 0 Å². The lowest BCUT2D eigenvalue weighted by atomic mass is 9.99. The number of nitrogens with zero attached hydrogens (tertiary/aromatic N) is 1. The predicted octanol–water partition coefficient (Wildman–Crippen LogP) is 2.81. The molecule has 1 fully saturated rings. The summed E-state index contributed by atoms with van der Waals surface area (Å²) < 4.78 is 5.95. The second kappa shape index (κ2) is 6.69. The van der Waals surface area contributed by atoms with Gasteiger partial charge in [-0.05, 0) is 31.7 Å². The summed E-state index contributed by atoms with van der Waals surface area (Å²) >= 11 is 0. The van der Waals surface area contributed by atoms with E-state index in [1.165, 1.54) is 11.1 Å². The van der Waals surface area contributed by atoms with Crippen LogP contribution in [0.15, 0.2) is 18.2 Å². The number of benzene rings is 1. The number of fused-ring (bicyclic) bond motifs is 1. The molecule has 0 bridgehead atoms. The van der Waals surface area contributed by atoms with E-state index in [-0.39, 0.29) is 5.91 Å². The van der Waals surface area contributed by atoms with E-state index in [2.05, 4.69) is 30.4 Å². The van der Waals surface area contributed by atoms with E-state index in [1.807, 2.05) is 11.8 Å². The third kappa shape index (κ3) is 3.12. The first-order valence-corrected chi connectivity index (χ1v) is 8.45. The first kappa shape index (κ1) is 15.3. The predicted molar refractivity (Wildman–Crippen MR) is 87.1 cm³/mol. The minimum absolute atomic E-state index is 0.268. The number of hydrogen-bond donors (Lipinski definition) is 1. The summed E-state index contributed by atoms with van der Waals surface area (Å²) in [5.74, 6) is 1.32. The van der Waals surface area contributed by atoms with Crippen molar-refractivity contribution in [1.82, 2.24) is 10.2 Å². The number of nitrogens with one attached hydrogen (secondary N) is 1. The molecule has 1 aromatic rings. The second-order valence-corrected chi connectivity index (χ2v) is 6.38. The molecule has 0 aliphatic carbocycles. The molecule has 2 aliphatic heterocycles. The Hall–Kier alpha value is -1.55. The number of rotatable bonds is 3. The van der Waals surface area contributed by atoms with Crippen LogP contribution in [0.1, 0.15) is 49.8 Å². The second-order valence-electron chi connectivity index (χ2n) is 6.38. The first-order valence-electron chi connectivity index (χ1n) is 8.45. The van der Waals surface area contributed by atoms with Crippen molar-refractivity contribution in [1.29, 1.82) is 0 Å². The topological polar surface area (TPSA) is 41.6 Å². The van der Waals surface area contributed by atoms with Crippen molar-refractivity contribution < 1.29 is 9.53 Å². The summed E-state index contributed by atoms with van der Waals surface area (Å²) in [6.45, 7) is 6.56. The summed E-state index contributed by atoms with van der Waals surface area (Å²) in [6.07, 6.45) is 3.81. The largest absolute Gasteiger partial charge is 0.493 e. The van der Waals surface area contributed by atoms with Crippen molar-refractivity contribution in [2.24, 2.45) is 0 Å². The number of likely N-dealkylation sites (tertiary alicyclic amines) is 1. The zero-order chi connectivity index (χ0) is 15.5. The average Bonchev–Trinajstić information content (AvgIpc) is 2.89. The van der Waals surface area contributed by atoms with E-state index in [0.717, 1.165) is 44.7 Å². The Labute approximate surface area is 132 Å². The Morgan fingerprint density at radius 1 is 1.41 bits per heavy atom. The number of ether oxygens (including phenoxy) is 1. The first-order chi connectivity index (χ1) is 10.7. The smallest absolute Gasteiger partial charge is 0.222 e. The van der Waals surface area contributed by atoms with Gasteiger partial charge in [-0.3, -0.25) is 4.79 Å². The quantitative estimate of drug-likeness (QED) is 0.933. The van der Waals surface area contributed by atoms with Gasteiger partial charge in [0.05, 0.1) is 6.61 Å². The number of aryl methyl sites for hydroxylation is 1. The molecular formula is C18H26N2O2. The van der Waals surface area contributed by atoms with Gasteiger partial charge in [-0.2, -0.15) is 0 Å². The molecule has 120 valence electrons. The monoisotopic (exact) mass is 302 g/mol. The van der Waals surface area contributed by atoms with Crippen LogP contribution in [0.2, 0.25) is 0 Å². The van der Waals surface area contributed by atoms with E-state index >= 15 is 0 Å². The molecule has 1 aromatic carbocycles. The minimum Gasteiger partial charge on any atom is -0.493 e. The lowest BCUT2D eigenvalue weighted by Gasteiger charge is -2.24. The van der Waals surface area contributed by atoms with Gasteiger partial charge in [-0.15, -0.1) is 0 Å². The van der Waals surface area contributed by atoms with Gasteiger partial charge in [0.1, 0.15) is 5.75 Å². The molecule has 0 spiro atoms. The summed E-state index contributed by atoms with van der Waals surface area (Å²) in [5.41, 5.74) is 2.48. The lowest BCUT2D eigenvalue weighted by Crippen LogP contribution is -2.37. The van der Waals surface area contributed by atoms with Crippen LogP contribution in [0, 0.1) is 6.92 Å². The maximum Gasteiger partial charge on any atom is 0.222 e. The molecule has 2 atom stereocenters. The molecule has 1 amide bonds. The van der Waals surface area contributed by atoms with Crippen LogP contribution in [0.4, 0.5) is 0 Å². The Morgan fingerprint density at radius 2 is 2.27 bits per heavy atom. The van der Waals surface area contributed by atoms with Crippen molar-refractivity contribution in [3.05, 3.63) is 29.3 Å². The standard InChI is InChI=1S/C18H26N2O2/c1-3-17(21)20-10-9-14(12-20)19-16-8-5-11-22-18-13(2)6-4-7-15(16)18/h4,6-7,14,16,19H,3,5,8-12H2,1-2H3/t14-,16+/m0/s1. The van der Waals surface area contributed by atoms with E-state index in [0.29, 0.717) is 18.5 Å². The van der Waals surface area contributed by atoms with Crippen LogP contribution >= 0.6 is 0 Å². The van der Waals surface area contributed by atoms with Crippen molar-refractivity contribution >= 4 is 5.91 Å². The SMILES string of the molecule is CCC(=O)N1CC[C@H](N[C@@H]2CCCOc3c(C)cccc32)C1. The van der Waals surface area contributed by atoms with Gasteiger partial charge < -0.3 is 15.0 Å². The van der Waals surface area contributed by atoms with Crippen LogP contribution in [-0.2, 0) is 4.79 Å². The normalized spacial score (nSPS) is 24.5. The fourth-order valence-corrected chi connectivity index (χ4v) is 3.57. The Balaban J connectivity index is 1.71. The molecule has 0 radical (unpaired) electrons. The molecular weight excluding hydrogens is 276 g/mol. The van der Waals surface area contributed by atoms with E-state index in [1.54, 1.807) is 0 Å². The Bertz CT molecular complexity index is 544. The minimum atomic E-state index is 0.268. The van der Waals surface area contributed by atoms with E-state index in [9.17, 15) is 4.79 Å². The number of para-hydroxylation sites is 1. The molecule has 3 rings (SSSR count). The number of hydrogen-bond acceptors (Lipinski definition) is 3. The Kier molecular flexibility index (Phi) is 4.67. The zero-order valence-electron chi connectivity index (χ0n) is 13.6. The van der Waals surface area contributed by atoms with Crippen molar-refractivity contribution in [3.8, 4) is 5.75 Å². The molecule has 1 saturated heterocycles. The van der Waals surface area contributed by atoms with Crippen molar-refractivity contribution in [2.45, 2.75) is 51.6 Å². The third-order valence-electron chi connectivity index (χ3n) is 4.78. The van der Waals surface area contributed by atoms with Crippen molar-refractivity contribution in [2.75, 3.05) is 19.7 Å². The van der Waals surface area contributed by atoms with E-state index in [4.69, 9.17) is 4.74 Å². The van der Waals surface area contributed by atoms with Gasteiger partial charge in [0.2, 0.25) is 5.91 Å². The van der Waals surface area contributed by atoms with Gasteiger partial charge in [0.25, 0.3) is 0 Å². The van der Waals surface area contributed by atoms with Crippen LogP contribution in [-0.4, -0.2) is 36.5 Å². The van der Waals surface area contributed by atoms with Crippen LogP contribution in [0.3, 0.4) is 0 Å². The van der Waals surface area contributed by atoms with E-state index < -0.39 is 0 Å². The summed E-state index contributed by atoms with van der Waals surface area (Å²) in [5, 5.41) is 3.78. The highest BCUT2D eigenvalue weighted by atomic mass is 16.5. The summed E-state index contributed by atoms with van der Waals surface area (Å²) in [4.78, 5) is 13.8.